The zero-order valence-corrected chi connectivity index (χ0v) is 15.8. The van der Waals surface area contributed by atoms with Crippen LogP contribution >= 0.6 is 0 Å². The van der Waals surface area contributed by atoms with Crippen molar-refractivity contribution in [3.05, 3.63) is 65.9 Å². The maximum atomic E-state index is 12.2. The molecule has 0 saturated heterocycles. The van der Waals surface area contributed by atoms with Gasteiger partial charge < -0.3 is 14.8 Å². The maximum absolute atomic E-state index is 12.2. The summed E-state index contributed by atoms with van der Waals surface area (Å²) in [5.41, 5.74) is 2.94. The molecule has 0 radical (unpaired) electrons. The summed E-state index contributed by atoms with van der Waals surface area (Å²) in [6, 6.07) is 15.5. The standard InChI is InChI=1S/C23H22N2O3/c1-3-13-28-21-10-7-17(15-22(21)27-2)8-11-23(26)25-16-18-6-9-19-5-4-12-24-20(19)14-18/h1,4-7,9-10,12,14-15H,8,11,13,16H2,2H3,(H,25,26). The zero-order chi connectivity index (χ0) is 19.8. The van der Waals surface area contributed by atoms with E-state index in [1.54, 1.807) is 13.3 Å². The molecule has 0 unspecified atom stereocenters. The van der Waals surface area contributed by atoms with E-state index in [9.17, 15) is 4.79 Å². The van der Waals surface area contributed by atoms with Crippen molar-refractivity contribution in [3.63, 3.8) is 0 Å². The van der Waals surface area contributed by atoms with Gasteiger partial charge in [-0.05, 0) is 41.8 Å². The summed E-state index contributed by atoms with van der Waals surface area (Å²) in [5.74, 6) is 3.62. The predicted molar refractivity (Wildman–Crippen MR) is 109 cm³/mol. The molecule has 3 rings (SSSR count). The summed E-state index contributed by atoms with van der Waals surface area (Å²) in [5, 5.41) is 4.04. The molecular weight excluding hydrogens is 352 g/mol. The van der Waals surface area contributed by atoms with Gasteiger partial charge in [0.2, 0.25) is 5.91 Å². The molecule has 142 valence electrons. The van der Waals surface area contributed by atoms with E-state index >= 15 is 0 Å². The molecule has 0 aliphatic carbocycles. The number of hydrogen-bond donors (Lipinski definition) is 1. The maximum Gasteiger partial charge on any atom is 0.220 e. The van der Waals surface area contributed by atoms with Crippen LogP contribution in [0, 0.1) is 12.3 Å². The number of hydrogen-bond acceptors (Lipinski definition) is 4. The Kier molecular flexibility index (Phi) is 6.48. The van der Waals surface area contributed by atoms with Gasteiger partial charge in [0.05, 0.1) is 12.6 Å². The van der Waals surface area contributed by atoms with Gasteiger partial charge in [0.1, 0.15) is 6.61 Å². The van der Waals surface area contributed by atoms with Crippen LogP contribution in [-0.4, -0.2) is 24.6 Å². The third-order valence-electron chi connectivity index (χ3n) is 4.34. The van der Waals surface area contributed by atoms with E-state index in [-0.39, 0.29) is 12.5 Å². The molecule has 1 heterocycles. The van der Waals surface area contributed by atoms with Crippen LogP contribution in [0.1, 0.15) is 17.5 Å². The Hall–Kier alpha value is -3.52. The molecule has 0 atom stereocenters. The van der Waals surface area contributed by atoms with Gasteiger partial charge in [-0.2, -0.15) is 0 Å². The van der Waals surface area contributed by atoms with E-state index in [2.05, 4.69) is 16.2 Å². The topological polar surface area (TPSA) is 60.5 Å². The number of pyridine rings is 1. The minimum atomic E-state index is -0.00672. The van der Waals surface area contributed by atoms with E-state index in [1.165, 1.54) is 0 Å². The fourth-order valence-corrected chi connectivity index (χ4v) is 2.88. The largest absolute Gasteiger partial charge is 0.493 e. The fraction of sp³-hybridized carbons (Fsp3) is 0.217. The number of aryl methyl sites for hydroxylation is 1. The first kappa shape index (κ1) is 19.2. The van der Waals surface area contributed by atoms with Gasteiger partial charge in [-0.25, -0.2) is 0 Å². The number of amides is 1. The van der Waals surface area contributed by atoms with Crippen LogP contribution in [-0.2, 0) is 17.8 Å². The normalized spacial score (nSPS) is 10.3. The first-order valence-electron chi connectivity index (χ1n) is 9.03. The Bertz CT molecular complexity index is 1010. The molecule has 1 N–H and O–H groups in total. The molecule has 5 nitrogen and oxygen atoms in total. The van der Waals surface area contributed by atoms with Crippen LogP contribution < -0.4 is 14.8 Å². The lowest BCUT2D eigenvalue weighted by atomic mass is 10.1. The molecule has 28 heavy (non-hydrogen) atoms. The van der Waals surface area contributed by atoms with Crippen molar-refractivity contribution in [3.8, 4) is 23.8 Å². The monoisotopic (exact) mass is 374 g/mol. The molecule has 0 fully saturated rings. The Labute approximate surface area is 164 Å². The summed E-state index contributed by atoms with van der Waals surface area (Å²) in [4.78, 5) is 16.6. The first-order valence-corrected chi connectivity index (χ1v) is 9.03. The van der Waals surface area contributed by atoms with Gasteiger partial charge in [0.25, 0.3) is 0 Å². The smallest absolute Gasteiger partial charge is 0.220 e. The minimum absolute atomic E-state index is 0.00672. The van der Waals surface area contributed by atoms with Crippen LogP contribution in [0.5, 0.6) is 11.5 Å². The van der Waals surface area contributed by atoms with Crippen LogP contribution in [0.2, 0.25) is 0 Å². The number of nitrogens with zero attached hydrogens (tertiary/aromatic N) is 1. The molecule has 3 aromatic rings. The van der Waals surface area contributed by atoms with E-state index in [0.717, 1.165) is 22.0 Å². The van der Waals surface area contributed by atoms with Crippen molar-refractivity contribution in [1.82, 2.24) is 10.3 Å². The van der Waals surface area contributed by atoms with E-state index in [1.807, 2.05) is 48.5 Å². The van der Waals surface area contributed by atoms with Crippen molar-refractivity contribution in [2.45, 2.75) is 19.4 Å². The fourth-order valence-electron chi connectivity index (χ4n) is 2.88. The summed E-state index contributed by atoms with van der Waals surface area (Å²) in [6.45, 7) is 0.663. The lowest BCUT2D eigenvalue weighted by molar-refractivity contribution is -0.121. The van der Waals surface area contributed by atoms with Crippen molar-refractivity contribution in [2.24, 2.45) is 0 Å². The Morgan fingerprint density at radius 2 is 2.00 bits per heavy atom. The number of methoxy groups -OCH3 is 1. The number of carbonyl (C=O) groups is 1. The summed E-state index contributed by atoms with van der Waals surface area (Å²) in [7, 11) is 1.58. The van der Waals surface area contributed by atoms with E-state index < -0.39 is 0 Å². The Morgan fingerprint density at radius 3 is 2.82 bits per heavy atom. The second kappa shape index (κ2) is 9.43. The molecule has 1 amide bonds. The van der Waals surface area contributed by atoms with E-state index in [0.29, 0.717) is 30.9 Å². The van der Waals surface area contributed by atoms with Crippen molar-refractivity contribution in [1.29, 1.82) is 0 Å². The number of nitrogens with one attached hydrogen (secondary N) is 1. The van der Waals surface area contributed by atoms with Gasteiger partial charge in [0.15, 0.2) is 11.5 Å². The van der Waals surface area contributed by atoms with Gasteiger partial charge in [-0.1, -0.05) is 30.2 Å². The lowest BCUT2D eigenvalue weighted by Gasteiger charge is -2.11. The van der Waals surface area contributed by atoms with E-state index in [4.69, 9.17) is 15.9 Å². The number of ether oxygens (including phenoxy) is 2. The second-order valence-electron chi connectivity index (χ2n) is 6.29. The molecule has 2 aromatic carbocycles. The van der Waals surface area contributed by atoms with Gasteiger partial charge >= 0.3 is 0 Å². The number of rotatable bonds is 8. The van der Waals surface area contributed by atoms with Crippen LogP contribution in [0.25, 0.3) is 10.9 Å². The molecule has 0 aliphatic heterocycles. The Morgan fingerprint density at radius 1 is 1.14 bits per heavy atom. The average molecular weight is 374 g/mol. The molecule has 0 saturated carbocycles. The Balaban J connectivity index is 1.52. The highest BCUT2D eigenvalue weighted by atomic mass is 16.5. The zero-order valence-electron chi connectivity index (χ0n) is 15.8. The third-order valence-corrected chi connectivity index (χ3v) is 4.34. The number of aromatic nitrogens is 1. The average Bonchev–Trinajstić information content (AvgIpc) is 2.74. The summed E-state index contributed by atoms with van der Waals surface area (Å²) >= 11 is 0. The number of benzene rings is 2. The van der Waals surface area contributed by atoms with Gasteiger partial charge in [-0.3, -0.25) is 9.78 Å². The minimum Gasteiger partial charge on any atom is -0.493 e. The SMILES string of the molecule is C#CCOc1ccc(CCC(=O)NCc2ccc3cccnc3c2)cc1OC. The number of terminal acetylenes is 1. The van der Waals surface area contributed by atoms with Gasteiger partial charge in [-0.15, -0.1) is 6.42 Å². The van der Waals surface area contributed by atoms with Gasteiger partial charge in [0, 0.05) is 24.5 Å². The van der Waals surface area contributed by atoms with Crippen molar-refractivity contribution in [2.75, 3.05) is 13.7 Å². The third kappa shape index (κ3) is 5.01. The molecule has 1 aromatic heterocycles. The van der Waals surface area contributed by atoms with Crippen LogP contribution in [0.3, 0.4) is 0 Å². The summed E-state index contributed by atoms with van der Waals surface area (Å²) < 4.78 is 10.8. The van der Waals surface area contributed by atoms with Crippen molar-refractivity contribution < 1.29 is 14.3 Å². The molecule has 5 heteroatoms. The molecule has 0 bridgehead atoms. The highest BCUT2D eigenvalue weighted by Gasteiger charge is 2.08. The highest BCUT2D eigenvalue weighted by Crippen LogP contribution is 2.28. The number of carbonyl (C=O) groups excluding carboxylic acids is 1. The second-order valence-corrected chi connectivity index (χ2v) is 6.29. The van der Waals surface area contributed by atoms with Crippen molar-refractivity contribution >= 4 is 16.8 Å². The lowest BCUT2D eigenvalue weighted by Crippen LogP contribution is -2.23. The van der Waals surface area contributed by atoms with Crippen LogP contribution in [0.4, 0.5) is 0 Å². The quantitative estimate of drug-likeness (QED) is 0.613. The predicted octanol–water partition coefficient (Wildman–Crippen LogP) is 3.50. The molecular formula is C23H22N2O3. The highest BCUT2D eigenvalue weighted by molar-refractivity contribution is 5.79. The molecule has 0 spiro atoms. The summed E-state index contributed by atoms with van der Waals surface area (Å²) in [6.07, 6.45) is 7.97. The molecule has 0 aliphatic rings. The number of fused-ring (bicyclic) bond motifs is 1. The first-order chi connectivity index (χ1) is 13.7. The van der Waals surface area contributed by atoms with Crippen LogP contribution in [0.15, 0.2) is 54.7 Å².